The lowest BCUT2D eigenvalue weighted by Gasteiger charge is -2.34. The average molecular weight is 255 g/mol. The molecule has 3 N–H and O–H groups in total. The van der Waals surface area contributed by atoms with Gasteiger partial charge in [-0.05, 0) is 24.1 Å². The van der Waals surface area contributed by atoms with E-state index in [0.717, 1.165) is 11.3 Å². The predicted octanol–water partition coefficient (Wildman–Crippen LogP) is 2.87. The maximum atomic E-state index is 5.79. The Kier molecular flexibility index (Phi) is 3.98. The second kappa shape index (κ2) is 5.51. The molecule has 0 bridgehead atoms. The molecule has 3 nitrogen and oxygen atoms in total. The number of nitrogens with one attached hydrogen (secondary N) is 1. The molecule has 1 aromatic carbocycles. The van der Waals surface area contributed by atoms with Crippen molar-refractivity contribution in [2.75, 3.05) is 0 Å². The summed E-state index contributed by atoms with van der Waals surface area (Å²) < 4.78 is 0. The van der Waals surface area contributed by atoms with Crippen LogP contribution in [0.25, 0.3) is 0 Å². The van der Waals surface area contributed by atoms with Crippen molar-refractivity contribution in [3.05, 3.63) is 65.5 Å². The third-order valence-corrected chi connectivity index (χ3v) is 3.67. The molecule has 0 spiro atoms. The Balaban J connectivity index is 2.38. The molecule has 0 aliphatic heterocycles. The van der Waals surface area contributed by atoms with Crippen LogP contribution in [0.15, 0.2) is 48.7 Å². The number of pyridine rings is 1. The molecule has 3 heteroatoms. The van der Waals surface area contributed by atoms with Gasteiger partial charge < -0.3 is 0 Å². The number of hydrogen-bond donors (Lipinski definition) is 2. The van der Waals surface area contributed by atoms with E-state index in [1.54, 1.807) is 0 Å². The van der Waals surface area contributed by atoms with E-state index < -0.39 is 0 Å². The van der Waals surface area contributed by atoms with Crippen LogP contribution in [0, 0.1) is 6.92 Å². The van der Waals surface area contributed by atoms with Crippen LogP contribution < -0.4 is 11.3 Å². The minimum absolute atomic E-state index is 0.0167. The first-order chi connectivity index (χ1) is 9.05. The molecular weight excluding hydrogens is 234 g/mol. The third kappa shape index (κ3) is 2.83. The summed E-state index contributed by atoms with van der Waals surface area (Å²) in [6, 6.07) is 14.5. The minimum Gasteiger partial charge on any atom is -0.271 e. The highest BCUT2D eigenvalue weighted by molar-refractivity contribution is 5.31. The standard InChI is InChI=1S/C16H21N3/c1-12-9-10-13(11-18-12)15(19-17)16(2,3)14-7-5-4-6-8-14/h4-11,15,19H,17H2,1-3H3. The van der Waals surface area contributed by atoms with Crippen molar-refractivity contribution in [3.63, 3.8) is 0 Å². The highest BCUT2D eigenvalue weighted by Crippen LogP contribution is 2.35. The Labute approximate surface area is 114 Å². The van der Waals surface area contributed by atoms with Gasteiger partial charge >= 0.3 is 0 Å². The van der Waals surface area contributed by atoms with Crippen molar-refractivity contribution in [1.82, 2.24) is 10.4 Å². The van der Waals surface area contributed by atoms with E-state index in [1.807, 2.05) is 25.3 Å². The fourth-order valence-electron chi connectivity index (χ4n) is 2.41. The van der Waals surface area contributed by atoms with Gasteiger partial charge in [0.05, 0.1) is 6.04 Å². The molecule has 2 aromatic rings. The highest BCUT2D eigenvalue weighted by Gasteiger charge is 2.31. The van der Waals surface area contributed by atoms with Crippen LogP contribution in [0.5, 0.6) is 0 Å². The van der Waals surface area contributed by atoms with Crippen molar-refractivity contribution in [2.45, 2.75) is 32.2 Å². The highest BCUT2D eigenvalue weighted by atomic mass is 15.2. The molecule has 0 radical (unpaired) electrons. The van der Waals surface area contributed by atoms with Crippen LogP contribution in [-0.2, 0) is 5.41 Å². The molecular formula is C16H21N3. The van der Waals surface area contributed by atoms with Crippen LogP contribution in [0.3, 0.4) is 0 Å². The lowest BCUT2D eigenvalue weighted by molar-refractivity contribution is 0.352. The van der Waals surface area contributed by atoms with Crippen LogP contribution in [-0.4, -0.2) is 4.98 Å². The molecule has 1 atom stereocenters. The van der Waals surface area contributed by atoms with Gasteiger partial charge in [0.15, 0.2) is 0 Å². The molecule has 1 heterocycles. The van der Waals surface area contributed by atoms with Gasteiger partial charge in [-0.1, -0.05) is 50.2 Å². The molecule has 0 saturated heterocycles. The normalized spacial score (nSPS) is 13.3. The van der Waals surface area contributed by atoms with Crippen molar-refractivity contribution in [1.29, 1.82) is 0 Å². The Morgan fingerprint density at radius 2 is 1.79 bits per heavy atom. The van der Waals surface area contributed by atoms with E-state index in [0.29, 0.717) is 0 Å². The Morgan fingerprint density at radius 1 is 1.11 bits per heavy atom. The van der Waals surface area contributed by atoms with Gasteiger partial charge in [-0.15, -0.1) is 0 Å². The topological polar surface area (TPSA) is 50.9 Å². The predicted molar refractivity (Wildman–Crippen MR) is 78.5 cm³/mol. The number of hydrazine groups is 1. The van der Waals surface area contributed by atoms with E-state index in [2.05, 4.69) is 54.6 Å². The summed E-state index contributed by atoms with van der Waals surface area (Å²) in [5.41, 5.74) is 6.18. The van der Waals surface area contributed by atoms with Crippen LogP contribution in [0.4, 0.5) is 0 Å². The van der Waals surface area contributed by atoms with Gasteiger partial charge in [0.25, 0.3) is 0 Å². The first-order valence-corrected chi connectivity index (χ1v) is 6.50. The van der Waals surface area contributed by atoms with Gasteiger partial charge in [0.1, 0.15) is 0 Å². The van der Waals surface area contributed by atoms with Crippen molar-refractivity contribution in [3.8, 4) is 0 Å². The molecule has 19 heavy (non-hydrogen) atoms. The molecule has 0 amide bonds. The molecule has 2 rings (SSSR count). The van der Waals surface area contributed by atoms with Crippen molar-refractivity contribution in [2.24, 2.45) is 5.84 Å². The van der Waals surface area contributed by atoms with Crippen molar-refractivity contribution < 1.29 is 0 Å². The van der Waals surface area contributed by atoms with Crippen molar-refractivity contribution >= 4 is 0 Å². The zero-order chi connectivity index (χ0) is 13.9. The van der Waals surface area contributed by atoms with Crippen LogP contribution in [0.2, 0.25) is 0 Å². The Bertz CT molecular complexity index is 517. The quantitative estimate of drug-likeness (QED) is 0.652. The number of nitrogens with two attached hydrogens (primary N) is 1. The summed E-state index contributed by atoms with van der Waals surface area (Å²) in [7, 11) is 0. The summed E-state index contributed by atoms with van der Waals surface area (Å²) in [4.78, 5) is 4.36. The zero-order valence-corrected chi connectivity index (χ0v) is 11.7. The van der Waals surface area contributed by atoms with E-state index >= 15 is 0 Å². The molecule has 1 unspecified atom stereocenters. The Morgan fingerprint density at radius 3 is 2.32 bits per heavy atom. The number of nitrogens with zero attached hydrogens (tertiary/aromatic N) is 1. The number of aryl methyl sites for hydroxylation is 1. The smallest absolute Gasteiger partial charge is 0.0566 e. The largest absolute Gasteiger partial charge is 0.271 e. The number of rotatable bonds is 4. The van der Waals surface area contributed by atoms with Gasteiger partial charge in [0.2, 0.25) is 0 Å². The SMILES string of the molecule is Cc1ccc(C(NN)C(C)(C)c2ccccc2)cn1. The lowest BCUT2D eigenvalue weighted by Crippen LogP contribution is -2.41. The molecule has 1 aromatic heterocycles. The maximum absolute atomic E-state index is 5.79. The van der Waals surface area contributed by atoms with E-state index in [4.69, 9.17) is 5.84 Å². The summed E-state index contributed by atoms with van der Waals surface area (Å²) in [6.07, 6.45) is 1.89. The number of benzene rings is 1. The zero-order valence-electron chi connectivity index (χ0n) is 11.7. The average Bonchev–Trinajstić information content (AvgIpc) is 2.42. The number of aromatic nitrogens is 1. The number of hydrogen-bond acceptors (Lipinski definition) is 3. The van der Waals surface area contributed by atoms with Gasteiger partial charge in [-0.2, -0.15) is 0 Å². The summed E-state index contributed by atoms with van der Waals surface area (Å²) >= 11 is 0. The fraction of sp³-hybridized carbons (Fsp3) is 0.312. The molecule has 0 aliphatic rings. The monoisotopic (exact) mass is 255 g/mol. The van der Waals surface area contributed by atoms with Gasteiger partial charge in [0, 0.05) is 17.3 Å². The molecule has 0 aliphatic carbocycles. The molecule has 100 valence electrons. The van der Waals surface area contributed by atoms with Gasteiger partial charge in [-0.3, -0.25) is 16.3 Å². The van der Waals surface area contributed by atoms with Gasteiger partial charge in [-0.25, -0.2) is 0 Å². The summed E-state index contributed by atoms with van der Waals surface area (Å²) in [6.45, 7) is 6.36. The fourth-order valence-corrected chi connectivity index (χ4v) is 2.41. The molecule has 0 saturated carbocycles. The third-order valence-electron chi connectivity index (χ3n) is 3.67. The first kappa shape index (κ1) is 13.7. The van der Waals surface area contributed by atoms with E-state index in [1.165, 1.54) is 5.56 Å². The maximum Gasteiger partial charge on any atom is 0.0566 e. The first-order valence-electron chi connectivity index (χ1n) is 6.50. The van der Waals surface area contributed by atoms with E-state index in [-0.39, 0.29) is 11.5 Å². The summed E-state index contributed by atoms with van der Waals surface area (Å²) in [5.74, 6) is 5.79. The second-order valence-electron chi connectivity index (χ2n) is 5.42. The van der Waals surface area contributed by atoms with Crippen LogP contribution >= 0.6 is 0 Å². The summed E-state index contributed by atoms with van der Waals surface area (Å²) in [5, 5.41) is 0. The second-order valence-corrected chi connectivity index (χ2v) is 5.42. The van der Waals surface area contributed by atoms with E-state index in [9.17, 15) is 0 Å². The van der Waals surface area contributed by atoms with Crippen LogP contribution in [0.1, 0.15) is 36.7 Å². The minimum atomic E-state index is -0.118. The molecule has 0 fully saturated rings. The Hall–Kier alpha value is -1.71. The lowest BCUT2D eigenvalue weighted by atomic mass is 9.75.